The fraction of sp³-hybridized carbons (Fsp3) is 0.529. The van der Waals surface area contributed by atoms with E-state index in [0.29, 0.717) is 13.1 Å². The molecule has 0 bridgehead atoms. The SMILES string of the molecule is CC[C@H](C)NC(=O)NC(=O)CN1CCN(S(=O)(=O)c2ccc(F)cc2)CC1. The summed E-state index contributed by atoms with van der Waals surface area (Å²) in [6.45, 7) is 4.93. The maximum atomic E-state index is 13.0. The number of benzene rings is 1. The van der Waals surface area contributed by atoms with E-state index >= 15 is 0 Å². The van der Waals surface area contributed by atoms with Gasteiger partial charge in [0.25, 0.3) is 0 Å². The molecule has 0 unspecified atom stereocenters. The van der Waals surface area contributed by atoms with Crippen LogP contribution in [0.5, 0.6) is 0 Å². The van der Waals surface area contributed by atoms with Gasteiger partial charge in [-0.15, -0.1) is 0 Å². The maximum Gasteiger partial charge on any atom is 0.321 e. The predicted octanol–water partition coefficient (Wildman–Crippen LogP) is 0.756. The van der Waals surface area contributed by atoms with Gasteiger partial charge >= 0.3 is 6.03 Å². The summed E-state index contributed by atoms with van der Waals surface area (Å²) in [4.78, 5) is 25.4. The number of rotatable bonds is 6. The van der Waals surface area contributed by atoms with Crippen LogP contribution in [-0.2, 0) is 14.8 Å². The first-order valence-electron chi connectivity index (χ1n) is 8.80. The molecule has 0 radical (unpaired) electrons. The fourth-order valence-corrected chi connectivity index (χ4v) is 4.04. The highest BCUT2D eigenvalue weighted by atomic mass is 32.2. The molecule has 150 valence electrons. The second-order valence-corrected chi connectivity index (χ2v) is 8.40. The normalized spacial score (nSPS) is 17.3. The molecule has 27 heavy (non-hydrogen) atoms. The lowest BCUT2D eigenvalue weighted by atomic mass is 10.3. The van der Waals surface area contributed by atoms with E-state index in [4.69, 9.17) is 0 Å². The van der Waals surface area contributed by atoms with Crippen LogP contribution >= 0.6 is 0 Å². The molecule has 1 fully saturated rings. The molecule has 1 heterocycles. The Morgan fingerprint density at radius 3 is 2.30 bits per heavy atom. The van der Waals surface area contributed by atoms with Crippen molar-refractivity contribution in [2.24, 2.45) is 0 Å². The molecule has 1 aliphatic heterocycles. The van der Waals surface area contributed by atoms with Crippen molar-refractivity contribution in [1.29, 1.82) is 0 Å². The Bertz CT molecular complexity index is 762. The third-order valence-electron chi connectivity index (χ3n) is 4.39. The number of carbonyl (C=O) groups is 2. The molecular weight excluding hydrogens is 375 g/mol. The van der Waals surface area contributed by atoms with Gasteiger partial charge in [-0.25, -0.2) is 17.6 Å². The minimum atomic E-state index is -3.69. The molecule has 2 N–H and O–H groups in total. The van der Waals surface area contributed by atoms with Crippen molar-refractivity contribution in [1.82, 2.24) is 19.8 Å². The molecule has 1 aromatic carbocycles. The van der Waals surface area contributed by atoms with Gasteiger partial charge in [0.05, 0.1) is 11.4 Å². The smallest absolute Gasteiger partial charge is 0.321 e. The van der Waals surface area contributed by atoms with Gasteiger partial charge in [-0.05, 0) is 37.6 Å². The Morgan fingerprint density at radius 2 is 1.74 bits per heavy atom. The molecule has 8 nitrogen and oxygen atoms in total. The van der Waals surface area contributed by atoms with Gasteiger partial charge in [-0.1, -0.05) is 6.92 Å². The topological polar surface area (TPSA) is 98.8 Å². The Balaban J connectivity index is 1.83. The van der Waals surface area contributed by atoms with Gasteiger partial charge in [-0.2, -0.15) is 4.31 Å². The van der Waals surface area contributed by atoms with Crippen molar-refractivity contribution >= 4 is 22.0 Å². The molecule has 1 aliphatic rings. The number of imide groups is 1. The number of urea groups is 1. The van der Waals surface area contributed by atoms with Crippen LogP contribution < -0.4 is 10.6 Å². The quantitative estimate of drug-likeness (QED) is 0.735. The molecule has 2 rings (SSSR count). The van der Waals surface area contributed by atoms with Crippen LogP contribution in [0.25, 0.3) is 0 Å². The van der Waals surface area contributed by atoms with Crippen molar-refractivity contribution in [3.05, 3.63) is 30.1 Å². The highest BCUT2D eigenvalue weighted by Gasteiger charge is 2.29. The van der Waals surface area contributed by atoms with Crippen molar-refractivity contribution in [3.8, 4) is 0 Å². The zero-order valence-corrected chi connectivity index (χ0v) is 16.3. The minimum Gasteiger partial charge on any atom is -0.335 e. The highest BCUT2D eigenvalue weighted by molar-refractivity contribution is 7.89. The van der Waals surface area contributed by atoms with Gasteiger partial charge in [0, 0.05) is 32.2 Å². The van der Waals surface area contributed by atoms with E-state index in [1.54, 1.807) is 4.90 Å². The van der Waals surface area contributed by atoms with Crippen LogP contribution in [-0.4, -0.2) is 68.3 Å². The van der Waals surface area contributed by atoms with Gasteiger partial charge in [0.1, 0.15) is 5.82 Å². The number of hydrogen-bond acceptors (Lipinski definition) is 5. The van der Waals surface area contributed by atoms with E-state index in [9.17, 15) is 22.4 Å². The Labute approximate surface area is 158 Å². The van der Waals surface area contributed by atoms with Crippen LogP contribution in [0.4, 0.5) is 9.18 Å². The van der Waals surface area contributed by atoms with E-state index in [1.165, 1.54) is 16.4 Å². The molecule has 1 aromatic rings. The zero-order chi connectivity index (χ0) is 20.0. The van der Waals surface area contributed by atoms with Crippen LogP contribution in [0.1, 0.15) is 20.3 Å². The monoisotopic (exact) mass is 400 g/mol. The number of nitrogens with zero attached hydrogens (tertiary/aromatic N) is 2. The Hall–Kier alpha value is -2.04. The van der Waals surface area contributed by atoms with E-state index in [0.717, 1.165) is 18.6 Å². The number of carbonyl (C=O) groups excluding carboxylic acids is 2. The van der Waals surface area contributed by atoms with Crippen LogP contribution in [0, 0.1) is 5.82 Å². The lowest BCUT2D eigenvalue weighted by Crippen LogP contribution is -2.52. The average molecular weight is 400 g/mol. The van der Waals surface area contributed by atoms with E-state index in [2.05, 4.69) is 10.6 Å². The second kappa shape index (κ2) is 9.25. The number of sulfonamides is 1. The second-order valence-electron chi connectivity index (χ2n) is 6.47. The summed E-state index contributed by atoms with van der Waals surface area (Å²) < 4.78 is 39.4. The summed E-state index contributed by atoms with van der Waals surface area (Å²) in [5.41, 5.74) is 0. The third kappa shape index (κ3) is 5.98. The van der Waals surface area contributed by atoms with Crippen molar-refractivity contribution in [2.45, 2.75) is 31.2 Å². The molecule has 1 saturated heterocycles. The number of hydrogen-bond donors (Lipinski definition) is 2. The molecule has 0 aliphatic carbocycles. The van der Waals surface area contributed by atoms with Gasteiger partial charge in [0.2, 0.25) is 15.9 Å². The first kappa shape index (κ1) is 21.3. The number of halogens is 1. The van der Waals surface area contributed by atoms with E-state index in [1.807, 2.05) is 13.8 Å². The summed E-state index contributed by atoms with van der Waals surface area (Å²) in [7, 11) is -3.69. The maximum absolute atomic E-state index is 13.0. The van der Waals surface area contributed by atoms with Gasteiger partial charge in [-0.3, -0.25) is 15.0 Å². The average Bonchev–Trinajstić information content (AvgIpc) is 2.62. The number of piperazine rings is 1. The standard InChI is InChI=1S/C17H25FN4O4S/c1-3-13(2)19-17(24)20-16(23)12-21-8-10-22(11-9-21)27(25,26)15-6-4-14(18)5-7-15/h4-7,13H,3,8-12H2,1-2H3,(H2,19,20,23,24)/t13-/m0/s1. The minimum absolute atomic E-state index is 0.0123. The molecule has 0 spiro atoms. The van der Waals surface area contributed by atoms with Crippen LogP contribution in [0.3, 0.4) is 0 Å². The fourth-order valence-electron chi connectivity index (χ4n) is 2.61. The van der Waals surface area contributed by atoms with Crippen molar-refractivity contribution in [2.75, 3.05) is 32.7 Å². The summed E-state index contributed by atoms with van der Waals surface area (Å²) in [6, 6.07) is 4.13. The first-order valence-corrected chi connectivity index (χ1v) is 10.2. The third-order valence-corrected chi connectivity index (χ3v) is 6.31. The van der Waals surface area contributed by atoms with Gasteiger partial charge < -0.3 is 5.32 Å². The van der Waals surface area contributed by atoms with Gasteiger partial charge in [0.15, 0.2) is 0 Å². The molecule has 10 heteroatoms. The summed E-state index contributed by atoms with van der Waals surface area (Å²) >= 11 is 0. The summed E-state index contributed by atoms with van der Waals surface area (Å²) in [5.74, 6) is -0.937. The summed E-state index contributed by atoms with van der Waals surface area (Å²) in [5, 5.41) is 4.91. The molecule has 0 saturated carbocycles. The zero-order valence-electron chi connectivity index (χ0n) is 15.4. The van der Waals surface area contributed by atoms with Crippen molar-refractivity contribution < 1.29 is 22.4 Å². The van der Waals surface area contributed by atoms with E-state index < -0.39 is 27.8 Å². The van der Waals surface area contributed by atoms with Crippen molar-refractivity contribution in [3.63, 3.8) is 0 Å². The largest absolute Gasteiger partial charge is 0.335 e. The number of amides is 3. The molecule has 1 atom stereocenters. The lowest BCUT2D eigenvalue weighted by molar-refractivity contribution is -0.121. The highest BCUT2D eigenvalue weighted by Crippen LogP contribution is 2.17. The summed E-state index contributed by atoms with van der Waals surface area (Å²) in [6.07, 6.45) is 0.756. The van der Waals surface area contributed by atoms with Crippen LogP contribution in [0.2, 0.25) is 0 Å². The Kier molecular flexibility index (Phi) is 7.28. The predicted molar refractivity (Wildman–Crippen MR) is 98.0 cm³/mol. The van der Waals surface area contributed by atoms with Crippen LogP contribution in [0.15, 0.2) is 29.2 Å². The molecular formula is C17H25FN4O4S. The molecule has 0 aromatic heterocycles. The molecule has 3 amide bonds. The number of nitrogens with one attached hydrogen (secondary N) is 2. The first-order chi connectivity index (χ1) is 12.7. The Morgan fingerprint density at radius 1 is 1.15 bits per heavy atom. The van der Waals surface area contributed by atoms with E-state index in [-0.39, 0.29) is 30.6 Å². The lowest BCUT2D eigenvalue weighted by Gasteiger charge is -2.33.